The third kappa shape index (κ3) is 3.38. The van der Waals surface area contributed by atoms with Gasteiger partial charge >= 0.3 is 6.03 Å². The first-order valence-corrected chi connectivity index (χ1v) is 8.58. The summed E-state index contributed by atoms with van der Waals surface area (Å²) in [7, 11) is 0. The van der Waals surface area contributed by atoms with Gasteiger partial charge in [-0.25, -0.2) is 4.79 Å². The molecule has 0 spiro atoms. The molecular weight excluding hydrogens is 318 g/mol. The molecule has 1 aromatic carbocycles. The standard InChI is InChI=1S/C19H21N3O3/c1-13(16-4-2-3-9-20-16)22(15-6-7-15)19(23)21-11-14-5-8-17-18(10-14)25-12-24-17/h2-5,8-10,13,15H,6-7,11-12H2,1H3,(H,21,23). The fourth-order valence-electron chi connectivity index (χ4n) is 3.10. The number of fused-ring (bicyclic) bond motifs is 1. The second-order valence-corrected chi connectivity index (χ2v) is 6.42. The lowest BCUT2D eigenvalue weighted by Gasteiger charge is -2.29. The second kappa shape index (κ2) is 6.63. The maximum Gasteiger partial charge on any atom is 0.318 e. The van der Waals surface area contributed by atoms with Crippen LogP contribution in [0.5, 0.6) is 11.5 Å². The van der Waals surface area contributed by atoms with E-state index in [1.165, 1.54) is 0 Å². The molecule has 6 heteroatoms. The molecule has 1 fully saturated rings. The maximum absolute atomic E-state index is 12.8. The molecule has 1 N–H and O–H groups in total. The number of aromatic nitrogens is 1. The van der Waals surface area contributed by atoms with Crippen molar-refractivity contribution in [1.29, 1.82) is 0 Å². The number of nitrogens with one attached hydrogen (secondary N) is 1. The molecule has 2 aromatic rings. The van der Waals surface area contributed by atoms with Crippen molar-refractivity contribution in [1.82, 2.24) is 15.2 Å². The van der Waals surface area contributed by atoms with E-state index < -0.39 is 0 Å². The zero-order valence-electron chi connectivity index (χ0n) is 14.1. The number of amides is 2. The Balaban J connectivity index is 1.43. The van der Waals surface area contributed by atoms with Crippen LogP contribution in [0.25, 0.3) is 0 Å². The number of pyridine rings is 1. The van der Waals surface area contributed by atoms with E-state index in [2.05, 4.69) is 10.3 Å². The van der Waals surface area contributed by atoms with Crippen LogP contribution in [0.1, 0.15) is 37.1 Å². The maximum atomic E-state index is 12.8. The van der Waals surface area contributed by atoms with Gasteiger partial charge in [0.15, 0.2) is 11.5 Å². The van der Waals surface area contributed by atoms with Crippen molar-refractivity contribution >= 4 is 6.03 Å². The summed E-state index contributed by atoms with van der Waals surface area (Å²) < 4.78 is 10.7. The van der Waals surface area contributed by atoms with Gasteiger partial charge in [0, 0.05) is 18.8 Å². The lowest BCUT2D eigenvalue weighted by Crippen LogP contribution is -2.42. The highest BCUT2D eigenvalue weighted by atomic mass is 16.7. The molecule has 2 heterocycles. The number of hydrogen-bond donors (Lipinski definition) is 1. The molecule has 1 aromatic heterocycles. The summed E-state index contributed by atoms with van der Waals surface area (Å²) in [5.41, 5.74) is 1.89. The van der Waals surface area contributed by atoms with Crippen LogP contribution in [0.15, 0.2) is 42.6 Å². The number of carbonyl (C=O) groups excluding carboxylic acids is 1. The monoisotopic (exact) mass is 339 g/mol. The number of rotatable bonds is 5. The Hall–Kier alpha value is -2.76. The average Bonchev–Trinajstić information content (AvgIpc) is 3.36. The molecule has 1 unspecified atom stereocenters. The third-order valence-corrected chi connectivity index (χ3v) is 4.59. The van der Waals surface area contributed by atoms with E-state index in [0.717, 1.165) is 35.6 Å². The summed E-state index contributed by atoms with van der Waals surface area (Å²) in [6.07, 6.45) is 3.87. The fraction of sp³-hybridized carbons (Fsp3) is 0.368. The van der Waals surface area contributed by atoms with Crippen molar-refractivity contribution in [3.05, 3.63) is 53.9 Å². The molecule has 0 radical (unpaired) electrons. The summed E-state index contributed by atoms with van der Waals surface area (Å²) in [5, 5.41) is 3.03. The Morgan fingerprint density at radius 2 is 2.12 bits per heavy atom. The third-order valence-electron chi connectivity index (χ3n) is 4.59. The highest BCUT2D eigenvalue weighted by molar-refractivity contribution is 5.75. The molecule has 6 nitrogen and oxygen atoms in total. The molecule has 130 valence electrons. The van der Waals surface area contributed by atoms with Crippen molar-refractivity contribution in [2.24, 2.45) is 0 Å². The SMILES string of the molecule is CC(c1ccccn1)N(C(=O)NCc1ccc2c(c1)OCO2)C1CC1. The number of urea groups is 1. The first-order chi connectivity index (χ1) is 12.2. The molecule has 1 atom stereocenters. The minimum atomic E-state index is -0.0571. The van der Waals surface area contributed by atoms with Crippen LogP contribution in [0.4, 0.5) is 4.79 Å². The summed E-state index contributed by atoms with van der Waals surface area (Å²) in [6, 6.07) is 11.7. The van der Waals surface area contributed by atoms with Gasteiger partial charge in [0.05, 0.1) is 11.7 Å². The Morgan fingerprint density at radius 3 is 2.88 bits per heavy atom. The van der Waals surface area contributed by atoms with Crippen molar-refractivity contribution in [2.75, 3.05) is 6.79 Å². The molecule has 1 aliphatic heterocycles. The van der Waals surface area contributed by atoms with Gasteiger partial charge in [-0.15, -0.1) is 0 Å². The Labute approximate surface area is 146 Å². The first-order valence-electron chi connectivity index (χ1n) is 8.58. The Kier molecular flexibility index (Phi) is 4.17. The van der Waals surface area contributed by atoms with Crippen LogP contribution < -0.4 is 14.8 Å². The smallest absolute Gasteiger partial charge is 0.318 e. The second-order valence-electron chi connectivity index (χ2n) is 6.42. The van der Waals surface area contributed by atoms with Crippen LogP contribution in [-0.4, -0.2) is 28.7 Å². The van der Waals surface area contributed by atoms with E-state index in [1.54, 1.807) is 6.20 Å². The lowest BCUT2D eigenvalue weighted by molar-refractivity contribution is 0.172. The summed E-state index contributed by atoms with van der Waals surface area (Å²) in [4.78, 5) is 19.1. The minimum Gasteiger partial charge on any atom is -0.454 e. The zero-order valence-corrected chi connectivity index (χ0v) is 14.1. The van der Waals surface area contributed by atoms with Gasteiger partial charge in [-0.2, -0.15) is 0 Å². The molecule has 25 heavy (non-hydrogen) atoms. The van der Waals surface area contributed by atoms with E-state index in [1.807, 2.05) is 48.2 Å². The van der Waals surface area contributed by atoms with E-state index in [9.17, 15) is 4.79 Å². The van der Waals surface area contributed by atoms with Gasteiger partial charge in [0.2, 0.25) is 6.79 Å². The predicted octanol–water partition coefficient (Wildman–Crippen LogP) is 3.25. The highest BCUT2D eigenvalue weighted by Gasteiger charge is 2.36. The van der Waals surface area contributed by atoms with Crippen LogP contribution in [0.2, 0.25) is 0 Å². The number of nitrogens with zero attached hydrogens (tertiary/aromatic N) is 2. The summed E-state index contributed by atoms with van der Waals surface area (Å²) in [5.74, 6) is 1.48. The van der Waals surface area contributed by atoms with Gasteiger partial charge in [0.1, 0.15) is 0 Å². The van der Waals surface area contributed by atoms with Crippen molar-refractivity contribution in [3.8, 4) is 11.5 Å². The van der Waals surface area contributed by atoms with E-state index in [-0.39, 0.29) is 18.9 Å². The predicted molar refractivity (Wildman–Crippen MR) is 92.3 cm³/mol. The van der Waals surface area contributed by atoms with Gasteiger partial charge < -0.3 is 19.7 Å². The van der Waals surface area contributed by atoms with E-state index in [0.29, 0.717) is 12.6 Å². The number of benzene rings is 1. The molecular formula is C19H21N3O3. The molecule has 4 rings (SSSR count). The normalized spacial score (nSPS) is 16.4. The van der Waals surface area contributed by atoms with Crippen LogP contribution in [-0.2, 0) is 6.54 Å². The largest absolute Gasteiger partial charge is 0.454 e. The summed E-state index contributed by atoms with van der Waals surface area (Å²) >= 11 is 0. The molecule has 0 saturated heterocycles. The molecule has 1 aliphatic carbocycles. The molecule has 1 saturated carbocycles. The van der Waals surface area contributed by atoms with Crippen LogP contribution in [0.3, 0.4) is 0 Å². The van der Waals surface area contributed by atoms with Gasteiger partial charge in [-0.1, -0.05) is 12.1 Å². The van der Waals surface area contributed by atoms with Crippen LogP contribution in [0, 0.1) is 0 Å². The van der Waals surface area contributed by atoms with Gasteiger partial charge in [-0.05, 0) is 49.6 Å². The summed E-state index contributed by atoms with van der Waals surface area (Å²) in [6.45, 7) is 2.73. The quantitative estimate of drug-likeness (QED) is 0.908. The lowest BCUT2D eigenvalue weighted by atomic mass is 10.2. The van der Waals surface area contributed by atoms with Crippen molar-refractivity contribution in [3.63, 3.8) is 0 Å². The average molecular weight is 339 g/mol. The van der Waals surface area contributed by atoms with Crippen LogP contribution >= 0.6 is 0 Å². The zero-order chi connectivity index (χ0) is 17.2. The van der Waals surface area contributed by atoms with E-state index >= 15 is 0 Å². The Morgan fingerprint density at radius 1 is 1.28 bits per heavy atom. The van der Waals surface area contributed by atoms with Gasteiger partial charge in [-0.3, -0.25) is 4.98 Å². The van der Waals surface area contributed by atoms with Crippen molar-refractivity contribution < 1.29 is 14.3 Å². The van der Waals surface area contributed by atoms with E-state index in [4.69, 9.17) is 9.47 Å². The molecule has 0 bridgehead atoms. The fourth-order valence-corrected chi connectivity index (χ4v) is 3.10. The molecule has 2 aliphatic rings. The molecule has 2 amide bonds. The number of ether oxygens (including phenoxy) is 2. The first kappa shape index (κ1) is 15.7. The highest BCUT2D eigenvalue weighted by Crippen LogP contribution is 2.34. The van der Waals surface area contributed by atoms with Crippen molar-refractivity contribution in [2.45, 2.75) is 38.4 Å². The Bertz CT molecular complexity index is 762. The van der Waals surface area contributed by atoms with Gasteiger partial charge in [0.25, 0.3) is 0 Å². The topological polar surface area (TPSA) is 63.7 Å². The number of carbonyl (C=O) groups is 1. The number of hydrogen-bond acceptors (Lipinski definition) is 4. The minimum absolute atomic E-state index is 0.0505.